The fourth-order valence-electron chi connectivity index (χ4n) is 0. The van der Waals surface area contributed by atoms with E-state index in [2.05, 4.69) is 12.8 Å². The van der Waals surface area contributed by atoms with Gasteiger partial charge < -0.3 is 0 Å². The van der Waals surface area contributed by atoms with Crippen LogP contribution in [-0.4, -0.2) is 0 Å². The lowest BCUT2D eigenvalue weighted by molar-refractivity contribution is 0.649. The monoisotopic (exact) mass is 80.1 g/mol. The van der Waals surface area contributed by atoms with E-state index < -0.39 is 0 Å². The Hall–Kier alpha value is -0.440. The van der Waals surface area contributed by atoms with Gasteiger partial charge in [-0.05, 0) is 27.2 Å². The van der Waals surface area contributed by atoms with Crippen LogP contribution in [0.25, 0.3) is 0 Å². The molecule has 0 aromatic rings. The maximum absolute atomic E-state index is 6.54. The minimum Gasteiger partial charge on any atom is -0.0829 e. The molecule has 0 nitrogen and oxygen atoms in total. The summed E-state index contributed by atoms with van der Waals surface area (Å²) >= 11 is 0. The molecule has 0 unspecified atom stereocenters. The van der Waals surface area contributed by atoms with Gasteiger partial charge in [-0.2, -0.15) is 0 Å². The van der Waals surface area contributed by atoms with E-state index in [1.54, 1.807) is 0 Å². The molecule has 0 rings (SSSR count). The summed E-state index contributed by atoms with van der Waals surface area (Å²) in [5.74, 6) is 2.24. The first kappa shape index (κ1) is 5.56. The molecule has 32 valence electrons. The molecule has 0 fully saturated rings. The summed E-state index contributed by atoms with van der Waals surface area (Å²) in [7, 11) is 0. The minimum absolute atomic E-state index is 0.292. The second kappa shape index (κ2) is 1.34. The van der Waals surface area contributed by atoms with E-state index in [0.29, 0.717) is 0 Å². The van der Waals surface area contributed by atoms with Crippen LogP contribution in [-0.2, 0) is 0 Å². The summed E-state index contributed by atoms with van der Waals surface area (Å²) < 4.78 is 0. The van der Waals surface area contributed by atoms with Crippen molar-refractivity contribution < 1.29 is 0 Å². The molecular formula is C6H8. The van der Waals surface area contributed by atoms with Crippen LogP contribution in [0.3, 0.4) is 0 Å². The highest BCUT2D eigenvalue weighted by Gasteiger charge is 2.01. The first-order chi connectivity index (χ1) is 2.56. The number of hydrogen-bond donors (Lipinski definition) is 0. The van der Waals surface area contributed by atoms with E-state index in [0.717, 1.165) is 0 Å². The molecule has 0 saturated carbocycles. The summed E-state index contributed by atoms with van der Waals surface area (Å²) in [6, 6.07) is 0. The molecule has 6 heavy (non-hydrogen) atoms. The summed E-state index contributed by atoms with van der Waals surface area (Å²) in [5, 5.41) is 0. The molecule has 0 aromatic carbocycles. The van der Waals surface area contributed by atoms with Gasteiger partial charge in [0.2, 0.25) is 0 Å². The third-order valence-electron chi connectivity index (χ3n) is 0.338. The minimum atomic E-state index is -0.292. The molecule has 0 bridgehead atoms. The molecule has 2 radical (unpaired) electrons. The van der Waals surface area contributed by atoms with E-state index in [1.165, 1.54) is 0 Å². The SMILES string of the molecule is [C]#CC([CH2])(C)C. The van der Waals surface area contributed by atoms with Gasteiger partial charge in [0.1, 0.15) is 0 Å². The Morgan fingerprint density at radius 1 is 1.67 bits per heavy atom. The van der Waals surface area contributed by atoms with Gasteiger partial charge in [0.15, 0.2) is 0 Å². The smallest absolute Gasteiger partial charge is 0.0269 e. The van der Waals surface area contributed by atoms with E-state index in [-0.39, 0.29) is 5.41 Å². The summed E-state index contributed by atoms with van der Waals surface area (Å²) in [6.07, 6.45) is 6.54. The lowest BCUT2D eigenvalue weighted by atomic mass is 9.99. The molecule has 0 aromatic heterocycles. The van der Waals surface area contributed by atoms with Gasteiger partial charge in [0.25, 0.3) is 0 Å². The quantitative estimate of drug-likeness (QED) is 0.386. The van der Waals surface area contributed by atoms with E-state index in [1.807, 2.05) is 13.8 Å². The van der Waals surface area contributed by atoms with Crippen LogP contribution in [0, 0.1) is 24.7 Å². The molecule has 0 aliphatic carbocycles. The lowest BCUT2D eigenvalue weighted by Crippen LogP contribution is -1.98. The Balaban J connectivity index is 3.55. The maximum atomic E-state index is 6.54. The second-order valence-corrected chi connectivity index (χ2v) is 2.01. The van der Waals surface area contributed by atoms with Crippen molar-refractivity contribution in [2.45, 2.75) is 13.8 Å². The van der Waals surface area contributed by atoms with Crippen molar-refractivity contribution in [2.24, 2.45) is 5.41 Å². The Labute approximate surface area is 39.6 Å². The average Bonchev–Trinajstić information content (AvgIpc) is 1.35. The molecule has 0 heteroatoms. The van der Waals surface area contributed by atoms with Crippen LogP contribution >= 0.6 is 0 Å². The van der Waals surface area contributed by atoms with Crippen molar-refractivity contribution in [3.05, 3.63) is 13.3 Å². The van der Waals surface area contributed by atoms with Gasteiger partial charge >= 0.3 is 0 Å². The fourth-order valence-corrected chi connectivity index (χ4v) is 0. The number of hydrogen-bond acceptors (Lipinski definition) is 0. The summed E-state index contributed by atoms with van der Waals surface area (Å²) in [5.41, 5.74) is -0.292. The van der Waals surface area contributed by atoms with Crippen LogP contribution in [0.1, 0.15) is 13.8 Å². The molecule has 0 heterocycles. The lowest BCUT2D eigenvalue weighted by Gasteiger charge is -2.04. The van der Waals surface area contributed by atoms with Crippen LogP contribution in [0.2, 0.25) is 0 Å². The van der Waals surface area contributed by atoms with E-state index in [9.17, 15) is 0 Å². The zero-order valence-corrected chi connectivity index (χ0v) is 4.21. The summed E-state index contributed by atoms with van der Waals surface area (Å²) in [6.45, 7) is 7.26. The fraction of sp³-hybridized carbons (Fsp3) is 0.500. The maximum Gasteiger partial charge on any atom is 0.0269 e. The van der Waals surface area contributed by atoms with Gasteiger partial charge in [-0.3, -0.25) is 0 Å². The topological polar surface area (TPSA) is 0 Å². The van der Waals surface area contributed by atoms with E-state index >= 15 is 0 Å². The largest absolute Gasteiger partial charge is 0.0829 e. The number of rotatable bonds is 0. The molecule has 0 saturated heterocycles. The predicted molar refractivity (Wildman–Crippen MR) is 26.3 cm³/mol. The molecule has 0 N–H and O–H groups in total. The molecular weight excluding hydrogens is 72.1 g/mol. The zero-order valence-electron chi connectivity index (χ0n) is 4.21. The highest BCUT2D eigenvalue weighted by Crippen LogP contribution is 2.07. The normalized spacial score (nSPS) is 10.3. The van der Waals surface area contributed by atoms with Gasteiger partial charge in [-0.25, -0.2) is 0 Å². The first-order valence-electron chi connectivity index (χ1n) is 1.85. The van der Waals surface area contributed by atoms with Crippen LogP contribution < -0.4 is 0 Å². The highest BCUT2D eigenvalue weighted by atomic mass is 14.0. The van der Waals surface area contributed by atoms with Crippen LogP contribution in [0.4, 0.5) is 0 Å². The Morgan fingerprint density at radius 3 is 1.83 bits per heavy atom. The van der Waals surface area contributed by atoms with Crippen molar-refractivity contribution in [1.82, 2.24) is 0 Å². The molecule has 0 spiro atoms. The van der Waals surface area contributed by atoms with Crippen molar-refractivity contribution in [1.29, 1.82) is 0 Å². The van der Waals surface area contributed by atoms with Crippen LogP contribution in [0.15, 0.2) is 0 Å². The Bertz CT molecular complexity index is 67.0. The molecule has 0 atom stereocenters. The predicted octanol–water partition coefficient (Wildman–Crippen LogP) is 1.44. The van der Waals surface area contributed by atoms with Gasteiger partial charge in [-0.15, -0.1) is 0 Å². The third kappa shape index (κ3) is 3.56. The zero-order chi connectivity index (χ0) is 5.21. The standard InChI is InChI=1S/C6H8/c1-5-6(2,3)4/h2H2,3-4H3. The molecule has 0 aliphatic rings. The average molecular weight is 80.1 g/mol. The molecule has 0 amide bonds. The van der Waals surface area contributed by atoms with Gasteiger partial charge in [-0.1, -0.05) is 5.92 Å². The van der Waals surface area contributed by atoms with Crippen LogP contribution in [0.5, 0.6) is 0 Å². The summed E-state index contributed by atoms with van der Waals surface area (Å²) in [4.78, 5) is 0. The second-order valence-electron chi connectivity index (χ2n) is 2.01. The first-order valence-corrected chi connectivity index (χ1v) is 1.85. The van der Waals surface area contributed by atoms with Crippen molar-refractivity contribution >= 4 is 0 Å². The third-order valence-corrected chi connectivity index (χ3v) is 0.338. The van der Waals surface area contributed by atoms with Crippen molar-refractivity contribution in [2.75, 3.05) is 0 Å². The van der Waals surface area contributed by atoms with Gasteiger partial charge in [0.05, 0.1) is 0 Å². The van der Waals surface area contributed by atoms with Crippen molar-refractivity contribution in [3.8, 4) is 5.92 Å². The Morgan fingerprint density at radius 2 is 1.83 bits per heavy atom. The highest BCUT2D eigenvalue weighted by molar-refractivity contribution is 4.96. The van der Waals surface area contributed by atoms with Gasteiger partial charge in [0, 0.05) is 5.41 Å². The Kier molecular flexibility index (Phi) is 1.24. The van der Waals surface area contributed by atoms with Crippen molar-refractivity contribution in [3.63, 3.8) is 0 Å². The molecule has 0 aliphatic heterocycles. The van der Waals surface area contributed by atoms with E-state index in [4.69, 9.17) is 6.42 Å².